The molecule has 0 spiro atoms. The smallest absolute Gasteiger partial charge is 0.349 e. The Kier molecular flexibility index (Phi) is 7.72. The second kappa shape index (κ2) is 11.2. The lowest BCUT2D eigenvalue weighted by Gasteiger charge is -2.39. The maximum Gasteiger partial charge on any atom is 0.349 e. The molecule has 6 rings (SSSR count). The van der Waals surface area contributed by atoms with Crippen LogP contribution in [0.25, 0.3) is 22.2 Å². The lowest BCUT2D eigenvalue weighted by molar-refractivity contribution is 0.137. The third kappa shape index (κ3) is 5.32. The van der Waals surface area contributed by atoms with Gasteiger partial charge in [-0.05, 0) is 81.3 Å². The first-order valence-corrected chi connectivity index (χ1v) is 16.0. The molecule has 1 saturated carbocycles. The number of rotatable bonds is 3. The van der Waals surface area contributed by atoms with Gasteiger partial charge in [-0.25, -0.2) is 14.6 Å². The van der Waals surface area contributed by atoms with Gasteiger partial charge in [0.1, 0.15) is 11.6 Å². The number of ether oxygens (including phenoxy) is 1. The number of nitrogens with one attached hydrogen (secondary N) is 2. The lowest BCUT2D eigenvalue weighted by Crippen LogP contribution is -2.63. The number of hydrogen-bond donors (Lipinski definition) is 2. The Labute approximate surface area is 246 Å². The summed E-state index contributed by atoms with van der Waals surface area (Å²) in [5, 5.41) is 4.96. The minimum Gasteiger partial charge on any atom is -0.492 e. The van der Waals surface area contributed by atoms with Crippen molar-refractivity contribution < 1.29 is 13.9 Å². The highest BCUT2D eigenvalue weighted by molar-refractivity contribution is 7.97. The molecule has 2 aliphatic heterocycles. The Bertz CT molecular complexity index is 1450. The number of carbonyl (C=O) groups excluding carboxylic acids is 1. The molecule has 3 heterocycles. The zero-order chi connectivity index (χ0) is 28.9. The van der Waals surface area contributed by atoms with Gasteiger partial charge < -0.3 is 9.30 Å². The first kappa shape index (κ1) is 28.4. The van der Waals surface area contributed by atoms with E-state index in [1.807, 2.05) is 20.0 Å². The first-order chi connectivity index (χ1) is 19.7. The molecule has 1 aromatic heterocycles. The molecule has 4 bridgehead atoms. The summed E-state index contributed by atoms with van der Waals surface area (Å²) in [5.41, 5.74) is 8.23. The molecule has 0 saturated heterocycles. The summed E-state index contributed by atoms with van der Waals surface area (Å²) in [6.45, 7) is 9.51. The normalized spacial score (nSPS) is 23.4. The molecule has 1 unspecified atom stereocenters. The minimum atomic E-state index is -0.584. The second-order valence-corrected chi connectivity index (χ2v) is 13.5. The number of hydrogen-bond acceptors (Lipinski definition) is 5. The third-order valence-electron chi connectivity index (χ3n) is 8.95. The highest BCUT2D eigenvalue weighted by Gasteiger charge is 2.35. The molecular formula is C32H42FN5O2S. The molecule has 9 heteroatoms. The maximum absolute atomic E-state index is 14.6. The van der Waals surface area contributed by atoms with Crippen molar-refractivity contribution in [3.8, 4) is 17.0 Å². The van der Waals surface area contributed by atoms with Crippen LogP contribution in [0.4, 0.5) is 14.9 Å². The van der Waals surface area contributed by atoms with E-state index in [0.717, 1.165) is 47.6 Å². The fraction of sp³-hybridized carbons (Fsp3) is 0.531. The highest BCUT2D eigenvalue weighted by Crippen LogP contribution is 2.48. The zero-order valence-corrected chi connectivity index (χ0v) is 25.6. The van der Waals surface area contributed by atoms with Crippen molar-refractivity contribution in [3.63, 3.8) is 0 Å². The van der Waals surface area contributed by atoms with E-state index in [1.165, 1.54) is 42.2 Å². The van der Waals surface area contributed by atoms with Crippen LogP contribution in [0, 0.1) is 11.7 Å². The number of nitrogens with zero attached hydrogens (tertiary/aromatic N) is 3. The fourth-order valence-corrected chi connectivity index (χ4v) is 7.72. The predicted molar refractivity (Wildman–Crippen MR) is 166 cm³/mol. The molecule has 2 aromatic carbocycles. The number of aromatic nitrogens is 1. The van der Waals surface area contributed by atoms with E-state index in [9.17, 15) is 9.18 Å². The van der Waals surface area contributed by atoms with E-state index in [0.29, 0.717) is 18.3 Å². The van der Waals surface area contributed by atoms with Gasteiger partial charge in [0, 0.05) is 54.0 Å². The van der Waals surface area contributed by atoms with Crippen LogP contribution >= 0.6 is 11.9 Å². The molecule has 7 nitrogen and oxygen atoms in total. The standard InChI is InChI=1S/C32H42FN5O2S/c1-6-41-38-31(39)36(5)24-13-15-25-27(17-24)37-18-22(20(2)34-32(3,4)35-38)19-40-28-16-23(33)12-14-26(28)30(37)29(25)21-10-8-7-9-11-21/h12-17,20-22,34-35H,6-11,18-19H2,1-5H3/t20?,22-/m0/s1. The SMILES string of the molecule is CCSN1NC(C)(C)NC(C)[C@@H]2COc3cc(F)ccc3-c3c(C4CCCCC4)c4ccc(cc4n3C2)N(C)C1=O. The number of anilines is 1. The number of hydrazine groups is 1. The summed E-state index contributed by atoms with van der Waals surface area (Å²) in [6.07, 6.45) is 6.00. The highest BCUT2D eigenvalue weighted by atomic mass is 32.2. The van der Waals surface area contributed by atoms with Gasteiger partial charge in [-0.2, -0.15) is 4.41 Å². The maximum atomic E-state index is 14.6. The van der Waals surface area contributed by atoms with Gasteiger partial charge in [0.2, 0.25) is 0 Å². The van der Waals surface area contributed by atoms with E-state index in [4.69, 9.17) is 4.74 Å². The molecule has 2 atom stereocenters. The van der Waals surface area contributed by atoms with Crippen molar-refractivity contribution in [2.24, 2.45) is 5.92 Å². The first-order valence-electron chi connectivity index (χ1n) is 15.0. The van der Waals surface area contributed by atoms with Crippen molar-refractivity contribution in [1.82, 2.24) is 19.7 Å². The summed E-state index contributed by atoms with van der Waals surface area (Å²) in [5.74, 6) is 1.58. The van der Waals surface area contributed by atoms with E-state index in [1.54, 1.807) is 21.4 Å². The molecule has 1 fully saturated rings. The Balaban J connectivity index is 1.62. The number of halogens is 1. The molecule has 2 N–H and O–H groups in total. The number of urea groups is 1. The summed E-state index contributed by atoms with van der Waals surface area (Å²) in [4.78, 5) is 15.5. The zero-order valence-electron chi connectivity index (χ0n) is 24.8. The average molecular weight is 580 g/mol. The Morgan fingerprint density at radius 3 is 2.66 bits per heavy atom. The van der Waals surface area contributed by atoms with Gasteiger partial charge in [-0.15, -0.1) is 0 Å². The fourth-order valence-electron chi connectivity index (χ4n) is 6.94. The van der Waals surface area contributed by atoms with Crippen molar-refractivity contribution >= 4 is 34.6 Å². The summed E-state index contributed by atoms with van der Waals surface area (Å²) < 4.78 is 25.2. The van der Waals surface area contributed by atoms with E-state index < -0.39 is 5.66 Å². The Morgan fingerprint density at radius 2 is 1.90 bits per heavy atom. The van der Waals surface area contributed by atoms with Gasteiger partial charge in [0.25, 0.3) is 0 Å². The van der Waals surface area contributed by atoms with Crippen LogP contribution in [-0.2, 0) is 6.54 Å². The monoisotopic (exact) mass is 579 g/mol. The molecule has 3 aliphatic rings. The van der Waals surface area contributed by atoms with Crippen LogP contribution in [0.5, 0.6) is 5.75 Å². The van der Waals surface area contributed by atoms with Crippen molar-refractivity contribution in [1.29, 1.82) is 0 Å². The van der Waals surface area contributed by atoms with Gasteiger partial charge >= 0.3 is 6.03 Å². The van der Waals surface area contributed by atoms with Crippen molar-refractivity contribution in [2.45, 2.75) is 84.0 Å². The van der Waals surface area contributed by atoms with Crippen LogP contribution in [0.15, 0.2) is 36.4 Å². The summed E-state index contributed by atoms with van der Waals surface area (Å²) in [7, 11) is 1.84. The van der Waals surface area contributed by atoms with Crippen LogP contribution in [-0.4, -0.2) is 46.1 Å². The molecule has 3 aromatic rings. The van der Waals surface area contributed by atoms with Crippen LogP contribution in [0.3, 0.4) is 0 Å². The number of amides is 2. The van der Waals surface area contributed by atoms with Crippen molar-refractivity contribution in [2.75, 3.05) is 24.3 Å². The average Bonchev–Trinajstić information content (AvgIpc) is 3.25. The minimum absolute atomic E-state index is 0.0290. The van der Waals surface area contributed by atoms with E-state index >= 15 is 0 Å². The lowest BCUT2D eigenvalue weighted by atomic mass is 9.81. The van der Waals surface area contributed by atoms with E-state index in [2.05, 4.69) is 54.3 Å². The molecule has 41 heavy (non-hydrogen) atoms. The number of fused-ring (bicyclic) bond motifs is 4. The topological polar surface area (TPSA) is 61.8 Å². The number of benzene rings is 2. The summed E-state index contributed by atoms with van der Waals surface area (Å²) in [6, 6.07) is 11.3. The largest absolute Gasteiger partial charge is 0.492 e. The third-order valence-corrected chi connectivity index (χ3v) is 9.72. The molecule has 220 valence electrons. The van der Waals surface area contributed by atoms with Gasteiger partial charge in [-0.3, -0.25) is 10.2 Å². The molecule has 1 aliphatic carbocycles. The molecule has 0 radical (unpaired) electrons. The second-order valence-electron chi connectivity index (χ2n) is 12.3. The van der Waals surface area contributed by atoms with E-state index in [-0.39, 0.29) is 23.8 Å². The Hall–Kier alpha value is -2.75. The summed E-state index contributed by atoms with van der Waals surface area (Å²) >= 11 is 1.45. The van der Waals surface area contributed by atoms with Gasteiger partial charge in [0.15, 0.2) is 0 Å². The van der Waals surface area contributed by atoms with Gasteiger partial charge in [0.05, 0.1) is 23.5 Å². The number of carbonyl (C=O) groups is 1. The quantitative estimate of drug-likeness (QED) is 0.320. The van der Waals surface area contributed by atoms with Gasteiger partial charge in [-0.1, -0.05) is 32.3 Å². The van der Waals surface area contributed by atoms with Crippen LogP contribution in [0.1, 0.15) is 71.3 Å². The molecule has 2 amide bonds. The molecular weight excluding hydrogens is 537 g/mol. The van der Waals surface area contributed by atoms with Crippen molar-refractivity contribution in [3.05, 3.63) is 47.8 Å². The predicted octanol–water partition coefficient (Wildman–Crippen LogP) is 7.26. The Morgan fingerprint density at radius 1 is 1.12 bits per heavy atom. The van der Waals surface area contributed by atoms with Crippen LogP contribution < -0.4 is 20.4 Å². The van der Waals surface area contributed by atoms with Crippen LogP contribution in [0.2, 0.25) is 0 Å².